The zero-order valence-electron chi connectivity index (χ0n) is 7.30. The highest BCUT2D eigenvalue weighted by atomic mass is 16.5. The lowest BCUT2D eigenvalue weighted by atomic mass is 10.2. The quantitative estimate of drug-likeness (QED) is 0.375. The first-order valence-electron chi connectivity index (χ1n) is 4.12. The Morgan fingerprint density at radius 3 is 2.64 bits per heavy atom. The molecule has 0 rings (SSSR count). The van der Waals surface area contributed by atoms with Gasteiger partial charge in [-0.15, -0.1) is 0 Å². The van der Waals surface area contributed by atoms with Crippen molar-refractivity contribution in [1.29, 1.82) is 0 Å². The number of nitrogens with two attached hydrogens (primary N) is 1. The Hall–Kier alpha value is -0.570. The van der Waals surface area contributed by atoms with Crippen molar-refractivity contribution in [3.8, 4) is 0 Å². The molecule has 2 N–H and O–H groups in total. The van der Waals surface area contributed by atoms with E-state index in [1.807, 2.05) is 0 Å². The van der Waals surface area contributed by atoms with Gasteiger partial charge in [0.15, 0.2) is 0 Å². The van der Waals surface area contributed by atoms with Crippen LogP contribution in [-0.4, -0.2) is 12.2 Å². The van der Waals surface area contributed by atoms with Gasteiger partial charge in [-0.3, -0.25) is 10.5 Å². The van der Waals surface area contributed by atoms with Crippen LogP contribution in [0.1, 0.15) is 39.5 Å². The number of hydrogen-bond acceptors (Lipinski definition) is 3. The third-order valence-electron chi connectivity index (χ3n) is 1.30. The van der Waals surface area contributed by atoms with Crippen LogP contribution in [0.25, 0.3) is 0 Å². The molecule has 0 amide bonds. The lowest BCUT2D eigenvalue weighted by molar-refractivity contribution is -0.148. The monoisotopic (exact) mass is 159 g/mol. The van der Waals surface area contributed by atoms with Gasteiger partial charge in [0.1, 0.15) is 6.23 Å². The van der Waals surface area contributed by atoms with Crippen molar-refractivity contribution in [2.45, 2.75) is 45.8 Å². The maximum Gasteiger partial charge on any atom is 0.307 e. The van der Waals surface area contributed by atoms with E-state index in [1.54, 1.807) is 6.92 Å². The fourth-order valence-corrected chi connectivity index (χ4v) is 0.786. The topological polar surface area (TPSA) is 52.3 Å². The molecule has 0 heterocycles. The summed E-state index contributed by atoms with van der Waals surface area (Å²) in [6.07, 6.45) is 3.13. The van der Waals surface area contributed by atoms with Gasteiger partial charge in [-0.2, -0.15) is 0 Å². The van der Waals surface area contributed by atoms with Gasteiger partial charge in [0, 0.05) is 6.42 Å². The van der Waals surface area contributed by atoms with Crippen LogP contribution >= 0.6 is 0 Å². The van der Waals surface area contributed by atoms with Crippen LogP contribution < -0.4 is 5.73 Å². The number of esters is 1. The first-order chi connectivity index (χ1) is 5.16. The van der Waals surface area contributed by atoms with E-state index in [0.29, 0.717) is 6.42 Å². The van der Waals surface area contributed by atoms with Crippen LogP contribution in [0.3, 0.4) is 0 Å². The Balaban J connectivity index is 3.23. The van der Waals surface area contributed by atoms with E-state index in [2.05, 4.69) is 6.92 Å². The molecule has 0 radical (unpaired) electrons. The lowest BCUT2D eigenvalue weighted by Gasteiger charge is -2.06. The first-order valence-corrected chi connectivity index (χ1v) is 4.12. The van der Waals surface area contributed by atoms with Crippen LogP contribution in [0.4, 0.5) is 0 Å². The molecule has 0 aliphatic carbocycles. The summed E-state index contributed by atoms with van der Waals surface area (Å²) in [4.78, 5) is 10.8. The third kappa shape index (κ3) is 7.33. The minimum Gasteiger partial charge on any atom is -0.447 e. The number of carbonyl (C=O) groups excluding carboxylic acids is 1. The van der Waals surface area contributed by atoms with Gasteiger partial charge >= 0.3 is 5.97 Å². The molecule has 11 heavy (non-hydrogen) atoms. The molecular weight excluding hydrogens is 142 g/mol. The molecule has 0 aliphatic heterocycles. The minimum absolute atomic E-state index is 0.187. The Kier molecular flexibility index (Phi) is 5.84. The summed E-state index contributed by atoms with van der Waals surface area (Å²) in [5.41, 5.74) is 5.25. The van der Waals surface area contributed by atoms with Crippen molar-refractivity contribution in [3.63, 3.8) is 0 Å². The molecule has 1 atom stereocenters. The van der Waals surface area contributed by atoms with Crippen molar-refractivity contribution in [3.05, 3.63) is 0 Å². The molecule has 0 spiro atoms. The Bertz CT molecular complexity index is 113. The SMILES string of the molecule is CCCCCC(=O)OC(C)N. The fourth-order valence-electron chi connectivity index (χ4n) is 0.786. The van der Waals surface area contributed by atoms with Crippen LogP contribution in [0, 0.1) is 0 Å². The maximum absolute atomic E-state index is 10.8. The summed E-state index contributed by atoms with van der Waals surface area (Å²) in [6.45, 7) is 3.74. The minimum atomic E-state index is -0.468. The average Bonchev–Trinajstić information content (AvgIpc) is 1.86. The van der Waals surface area contributed by atoms with E-state index >= 15 is 0 Å². The lowest BCUT2D eigenvalue weighted by Crippen LogP contribution is -2.23. The predicted molar refractivity (Wildman–Crippen MR) is 43.9 cm³/mol. The molecule has 1 unspecified atom stereocenters. The normalized spacial score (nSPS) is 12.6. The zero-order valence-corrected chi connectivity index (χ0v) is 7.30. The number of hydrogen-bond donors (Lipinski definition) is 1. The summed E-state index contributed by atoms with van der Waals surface area (Å²) >= 11 is 0. The molecule has 0 aromatic rings. The molecule has 3 heteroatoms. The van der Waals surface area contributed by atoms with Crippen molar-refractivity contribution in [1.82, 2.24) is 0 Å². The van der Waals surface area contributed by atoms with Crippen LogP contribution in [0.5, 0.6) is 0 Å². The summed E-state index contributed by atoms with van der Waals surface area (Å²) in [7, 11) is 0. The standard InChI is InChI=1S/C8H17NO2/c1-3-4-5-6-8(10)11-7(2)9/h7H,3-6,9H2,1-2H3. The Labute approximate surface area is 67.9 Å². The number of rotatable bonds is 5. The number of ether oxygens (including phenoxy) is 1. The summed E-state index contributed by atoms with van der Waals surface area (Å²) < 4.78 is 4.74. The second kappa shape index (κ2) is 6.16. The van der Waals surface area contributed by atoms with E-state index in [9.17, 15) is 4.79 Å². The summed E-state index contributed by atoms with van der Waals surface area (Å²) in [5, 5.41) is 0. The highest BCUT2D eigenvalue weighted by molar-refractivity contribution is 5.69. The Morgan fingerprint density at radius 2 is 2.18 bits per heavy atom. The molecule has 0 saturated carbocycles. The summed E-state index contributed by atoms with van der Waals surface area (Å²) in [5.74, 6) is -0.187. The molecule has 0 saturated heterocycles. The second-order valence-corrected chi connectivity index (χ2v) is 2.65. The van der Waals surface area contributed by atoms with Gasteiger partial charge in [-0.25, -0.2) is 0 Å². The van der Waals surface area contributed by atoms with Crippen LogP contribution in [0.15, 0.2) is 0 Å². The largest absolute Gasteiger partial charge is 0.447 e. The van der Waals surface area contributed by atoms with Gasteiger partial charge in [0.2, 0.25) is 0 Å². The number of carbonyl (C=O) groups is 1. The van der Waals surface area contributed by atoms with Gasteiger partial charge in [0.05, 0.1) is 0 Å². The van der Waals surface area contributed by atoms with Gasteiger partial charge in [0.25, 0.3) is 0 Å². The fraction of sp³-hybridized carbons (Fsp3) is 0.875. The molecule has 0 aromatic carbocycles. The van der Waals surface area contributed by atoms with Crippen LogP contribution in [-0.2, 0) is 9.53 Å². The molecule has 0 bridgehead atoms. The highest BCUT2D eigenvalue weighted by Gasteiger charge is 2.03. The molecule has 66 valence electrons. The van der Waals surface area contributed by atoms with Gasteiger partial charge in [-0.05, 0) is 13.3 Å². The highest BCUT2D eigenvalue weighted by Crippen LogP contribution is 2.00. The molecular formula is C8H17NO2. The van der Waals surface area contributed by atoms with E-state index in [4.69, 9.17) is 10.5 Å². The smallest absolute Gasteiger partial charge is 0.307 e. The predicted octanol–water partition coefficient (Wildman–Crippen LogP) is 1.41. The van der Waals surface area contributed by atoms with E-state index in [-0.39, 0.29) is 5.97 Å². The van der Waals surface area contributed by atoms with Gasteiger partial charge in [-0.1, -0.05) is 19.8 Å². The van der Waals surface area contributed by atoms with Crippen molar-refractivity contribution in [2.24, 2.45) is 5.73 Å². The Morgan fingerprint density at radius 1 is 1.55 bits per heavy atom. The van der Waals surface area contributed by atoms with Crippen molar-refractivity contribution < 1.29 is 9.53 Å². The maximum atomic E-state index is 10.8. The third-order valence-corrected chi connectivity index (χ3v) is 1.30. The molecule has 0 aliphatic rings. The summed E-state index contributed by atoms with van der Waals surface area (Å²) in [6, 6.07) is 0. The zero-order chi connectivity index (χ0) is 8.69. The van der Waals surface area contributed by atoms with Gasteiger partial charge < -0.3 is 4.74 Å². The van der Waals surface area contributed by atoms with Crippen LogP contribution in [0.2, 0.25) is 0 Å². The van der Waals surface area contributed by atoms with Crippen molar-refractivity contribution in [2.75, 3.05) is 0 Å². The van der Waals surface area contributed by atoms with E-state index in [0.717, 1.165) is 19.3 Å². The molecule has 0 fully saturated rings. The average molecular weight is 159 g/mol. The van der Waals surface area contributed by atoms with Crippen molar-refractivity contribution >= 4 is 5.97 Å². The molecule has 0 aromatic heterocycles. The number of unbranched alkanes of at least 4 members (excludes halogenated alkanes) is 2. The van der Waals surface area contributed by atoms with E-state index < -0.39 is 6.23 Å². The molecule has 3 nitrogen and oxygen atoms in total. The second-order valence-electron chi connectivity index (χ2n) is 2.65. The van der Waals surface area contributed by atoms with E-state index in [1.165, 1.54) is 0 Å². The first kappa shape index (κ1) is 10.4.